The lowest BCUT2D eigenvalue weighted by Gasteiger charge is -2.58. The fourth-order valence-electron chi connectivity index (χ4n) is 7.12. The normalized spacial score (nSPS) is 27.1. The van der Waals surface area contributed by atoms with Crippen molar-refractivity contribution in [2.45, 2.75) is 58.1 Å². The molecule has 10 nitrogen and oxygen atoms in total. The highest BCUT2D eigenvalue weighted by molar-refractivity contribution is 7.15. The lowest BCUT2D eigenvalue weighted by Crippen LogP contribution is -2.57. The minimum absolute atomic E-state index is 0.0847. The van der Waals surface area contributed by atoms with Gasteiger partial charge in [0, 0.05) is 34.7 Å². The van der Waals surface area contributed by atoms with Gasteiger partial charge in [-0.05, 0) is 72.6 Å². The van der Waals surface area contributed by atoms with Gasteiger partial charge in [0.25, 0.3) is 5.91 Å². The topological polar surface area (TPSA) is 139 Å². The number of thiazole rings is 1. The summed E-state index contributed by atoms with van der Waals surface area (Å²) in [4.78, 5) is 32.4. The quantitative estimate of drug-likeness (QED) is 0.298. The van der Waals surface area contributed by atoms with Gasteiger partial charge in [-0.3, -0.25) is 14.9 Å². The van der Waals surface area contributed by atoms with E-state index < -0.39 is 16.9 Å². The molecule has 11 heteroatoms. The Hall–Kier alpha value is -3.67. The second-order valence-electron chi connectivity index (χ2n) is 12.2. The number of fused-ring (bicyclic) bond motifs is 3. The number of carbonyl (C=O) groups is 2. The number of aliphatic hydroxyl groups is 2. The third kappa shape index (κ3) is 5.34. The summed E-state index contributed by atoms with van der Waals surface area (Å²) in [6.45, 7) is 4.46. The van der Waals surface area contributed by atoms with Crippen molar-refractivity contribution in [2.24, 2.45) is 16.7 Å². The Morgan fingerprint density at radius 3 is 2.65 bits per heavy atom. The number of nitrogens with one attached hydrogen (secondary N) is 2. The molecule has 5 atom stereocenters. The average molecular weight is 608 g/mol. The number of hydrogen-bond acceptors (Lipinski definition) is 9. The van der Waals surface area contributed by atoms with E-state index in [-0.39, 0.29) is 43.5 Å². The van der Waals surface area contributed by atoms with E-state index in [1.807, 2.05) is 25.1 Å². The van der Waals surface area contributed by atoms with Crippen LogP contribution in [0.15, 0.2) is 42.5 Å². The molecule has 2 aliphatic carbocycles. The molecule has 1 saturated carbocycles. The van der Waals surface area contributed by atoms with Crippen molar-refractivity contribution < 1.29 is 34.0 Å². The van der Waals surface area contributed by atoms with Crippen molar-refractivity contribution in [3.05, 3.63) is 64.2 Å². The molecule has 0 saturated heterocycles. The van der Waals surface area contributed by atoms with Gasteiger partial charge in [-0.15, -0.1) is 11.3 Å². The molecule has 3 aliphatic rings. The number of carbonyl (C=O) groups excluding carboxylic acids is 2. The van der Waals surface area contributed by atoms with Crippen LogP contribution in [0.3, 0.4) is 0 Å². The van der Waals surface area contributed by atoms with E-state index in [2.05, 4.69) is 17.6 Å². The number of rotatable bonds is 8. The van der Waals surface area contributed by atoms with Gasteiger partial charge in [0.05, 0.1) is 25.5 Å². The van der Waals surface area contributed by atoms with Crippen LogP contribution in [0.25, 0.3) is 0 Å². The summed E-state index contributed by atoms with van der Waals surface area (Å²) in [7, 11) is 1.57. The van der Waals surface area contributed by atoms with Gasteiger partial charge in [0.15, 0.2) is 16.6 Å². The van der Waals surface area contributed by atoms with Crippen molar-refractivity contribution in [1.29, 1.82) is 0 Å². The third-order valence-electron chi connectivity index (χ3n) is 9.78. The summed E-state index contributed by atoms with van der Waals surface area (Å²) in [6.07, 6.45) is 1.36. The number of ether oxygens (including phenoxy) is 3. The molecule has 4 N–H and O–H groups in total. The van der Waals surface area contributed by atoms with E-state index in [4.69, 9.17) is 19.2 Å². The monoisotopic (exact) mass is 607 g/mol. The molecule has 1 aliphatic heterocycles. The van der Waals surface area contributed by atoms with E-state index in [1.54, 1.807) is 31.4 Å². The van der Waals surface area contributed by atoms with Gasteiger partial charge in [0.2, 0.25) is 12.7 Å². The van der Waals surface area contributed by atoms with E-state index in [1.165, 1.54) is 11.3 Å². The molecular formula is C32H37N3O7S. The van der Waals surface area contributed by atoms with Gasteiger partial charge in [0.1, 0.15) is 5.75 Å². The Morgan fingerprint density at radius 2 is 1.91 bits per heavy atom. The smallest absolute Gasteiger partial charge is 0.257 e. The number of amides is 2. The molecule has 2 aromatic carbocycles. The standard InChI is InChI=1S/C32H37N3O7S/c1-31-11-10-26(37)32(2,16-36)25(31)14-24-28(34-30(43-24)35-29(39)19-5-7-20(40-3)8-6-19)21(31)13-27(38)33-15-18-4-9-22-23(12-18)42-17-41-22/h4-9,12,21,25-26,36-37H,10-11,13-17H2,1-3H3,(H,33,38)(H,34,35,39). The van der Waals surface area contributed by atoms with Crippen molar-refractivity contribution in [1.82, 2.24) is 10.3 Å². The van der Waals surface area contributed by atoms with Crippen molar-refractivity contribution in [3.63, 3.8) is 0 Å². The highest BCUT2D eigenvalue weighted by atomic mass is 32.1. The largest absolute Gasteiger partial charge is 0.497 e. The molecule has 43 heavy (non-hydrogen) atoms. The third-order valence-corrected chi connectivity index (χ3v) is 10.8. The summed E-state index contributed by atoms with van der Waals surface area (Å²) < 4.78 is 16.0. The molecule has 0 spiro atoms. The van der Waals surface area contributed by atoms with E-state index in [9.17, 15) is 19.8 Å². The van der Waals surface area contributed by atoms with Crippen LogP contribution in [0, 0.1) is 16.7 Å². The molecular weight excluding hydrogens is 570 g/mol. The summed E-state index contributed by atoms with van der Waals surface area (Å²) in [5.74, 6) is 1.25. The zero-order chi connectivity index (χ0) is 30.4. The van der Waals surface area contributed by atoms with Crippen LogP contribution in [0.1, 0.15) is 65.5 Å². The number of benzene rings is 2. The Bertz CT molecular complexity index is 1530. The predicted octanol–water partition coefficient (Wildman–Crippen LogP) is 4.25. The molecule has 5 unspecified atom stereocenters. The highest BCUT2D eigenvalue weighted by Gasteiger charge is 2.59. The van der Waals surface area contributed by atoms with Crippen molar-refractivity contribution in [2.75, 3.05) is 25.8 Å². The number of hydrogen-bond donors (Lipinski definition) is 4. The first-order valence-electron chi connectivity index (χ1n) is 14.5. The molecule has 3 aromatic rings. The number of aromatic nitrogens is 1. The minimum atomic E-state index is -0.734. The fourth-order valence-corrected chi connectivity index (χ4v) is 8.18. The molecule has 0 bridgehead atoms. The number of nitrogens with zero attached hydrogens (tertiary/aromatic N) is 1. The van der Waals surface area contributed by atoms with Gasteiger partial charge in [-0.25, -0.2) is 4.98 Å². The van der Waals surface area contributed by atoms with E-state index in [0.717, 1.165) is 16.1 Å². The Balaban J connectivity index is 1.26. The van der Waals surface area contributed by atoms with Crippen LogP contribution in [-0.4, -0.2) is 53.6 Å². The minimum Gasteiger partial charge on any atom is -0.497 e. The average Bonchev–Trinajstić information content (AvgIpc) is 3.65. The highest BCUT2D eigenvalue weighted by Crippen LogP contribution is 2.62. The summed E-state index contributed by atoms with van der Waals surface area (Å²) >= 11 is 1.40. The summed E-state index contributed by atoms with van der Waals surface area (Å²) in [5, 5.41) is 28.0. The number of aliphatic hydroxyl groups excluding tert-OH is 2. The molecule has 6 rings (SSSR count). The maximum absolute atomic E-state index is 13.5. The lowest BCUT2D eigenvalue weighted by molar-refractivity contribution is -0.144. The Kier molecular flexibility index (Phi) is 7.82. The predicted molar refractivity (Wildman–Crippen MR) is 161 cm³/mol. The fraction of sp³-hybridized carbons (Fsp3) is 0.469. The second kappa shape index (κ2) is 11.4. The zero-order valence-electron chi connectivity index (χ0n) is 24.5. The van der Waals surface area contributed by atoms with Crippen LogP contribution < -0.4 is 24.8 Å². The van der Waals surface area contributed by atoms with Crippen LogP contribution >= 0.6 is 11.3 Å². The second-order valence-corrected chi connectivity index (χ2v) is 13.3. The van der Waals surface area contributed by atoms with E-state index in [0.29, 0.717) is 53.8 Å². The zero-order valence-corrected chi connectivity index (χ0v) is 25.3. The van der Waals surface area contributed by atoms with Gasteiger partial charge >= 0.3 is 0 Å². The van der Waals surface area contributed by atoms with Gasteiger partial charge in [-0.1, -0.05) is 19.9 Å². The summed E-state index contributed by atoms with van der Waals surface area (Å²) in [6, 6.07) is 12.4. The van der Waals surface area contributed by atoms with Crippen LogP contribution in [0.4, 0.5) is 5.13 Å². The number of methoxy groups -OCH3 is 1. The molecule has 1 aromatic heterocycles. The van der Waals surface area contributed by atoms with Gasteiger partial charge < -0.3 is 29.7 Å². The Morgan fingerprint density at radius 1 is 1.14 bits per heavy atom. The SMILES string of the molecule is COc1ccc(C(=O)Nc2nc3c(s2)CC2C(C)(CO)C(O)CCC2(C)C3CC(=O)NCc2ccc3c(c2)OCO3)cc1. The lowest BCUT2D eigenvalue weighted by atomic mass is 9.47. The first kappa shape index (κ1) is 29.4. The first-order chi connectivity index (χ1) is 20.6. The van der Waals surface area contributed by atoms with E-state index >= 15 is 0 Å². The maximum Gasteiger partial charge on any atom is 0.257 e. The first-order valence-corrected chi connectivity index (χ1v) is 15.4. The van der Waals surface area contributed by atoms with Gasteiger partial charge in [-0.2, -0.15) is 0 Å². The van der Waals surface area contributed by atoms with Crippen LogP contribution in [0.2, 0.25) is 0 Å². The van der Waals surface area contributed by atoms with Crippen molar-refractivity contribution in [3.8, 4) is 17.2 Å². The molecule has 2 heterocycles. The molecule has 0 radical (unpaired) electrons. The Labute approximate surface area is 254 Å². The maximum atomic E-state index is 13.5. The van der Waals surface area contributed by atoms with Crippen LogP contribution in [-0.2, 0) is 17.8 Å². The molecule has 2 amide bonds. The van der Waals surface area contributed by atoms with Crippen molar-refractivity contribution >= 4 is 28.3 Å². The molecule has 1 fully saturated rings. The summed E-state index contributed by atoms with van der Waals surface area (Å²) in [5.41, 5.74) is 1.05. The molecule has 228 valence electrons. The van der Waals surface area contributed by atoms with Crippen LogP contribution in [0.5, 0.6) is 17.2 Å². The number of anilines is 1.